The van der Waals surface area contributed by atoms with Gasteiger partial charge >= 0.3 is 12.1 Å². The minimum Gasteiger partial charge on any atom is -0.481 e. The summed E-state index contributed by atoms with van der Waals surface area (Å²) in [6.45, 7) is 1.72. The first-order valence-electron chi connectivity index (χ1n) is 5.72. The van der Waals surface area contributed by atoms with Gasteiger partial charge in [0.15, 0.2) is 0 Å². The van der Waals surface area contributed by atoms with Crippen LogP contribution in [-0.4, -0.2) is 24.3 Å². The number of hydrogen-bond acceptors (Lipinski definition) is 3. The number of carboxylic acid groups (broad SMARTS) is 1. The van der Waals surface area contributed by atoms with Crippen LogP contribution in [0.1, 0.15) is 25.3 Å². The minimum absolute atomic E-state index is 0.0916. The van der Waals surface area contributed by atoms with E-state index in [4.69, 9.17) is 16.7 Å². The molecule has 0 aliphatic rings. The monoisotopic (exact) mass is 285 g/mol. The summed E-state index contributed by atoms with van der Waals surface area (Å²) in [4.78, 5) is 22.2. The number of carbonyl (C=O) groups is 2. The average molecular weight is 286 g/mol. The van der Waals surface area contributed by atoms with Gasteiger partial charge < -0.3 is 15.2 Å². The molecule has 0 saturated heterocycles. The van der Waals surface area contributed by atoms with Gasteiger partial charge in [-0.3, -0.25) is 4.79 Å². The van der Waals surface area contributed by atoms with E-state index in [-0.39, 0.29) is 12.8 Å². The van der Waals surface area contributed by atoms with Gasteiger partial charge in [-0.05, 0) is 25.0 Å². The topological polar surface area (TPSA) is 75.6 Å². The lowest BCUT2D eigenvalue weighted by atomic mass is 9.87. The molecule has 0 unspecified atom stereocenters. The number of benzene rings is 1. The normalized spacial score (nSPS) is 13.4. The number of carbonyl (C=O) groups excluding carboxylic acids is 1. The van der Waals surface area contributed by atoms with Crippen molar-refractivity contribution in [2.45, 2.75) is 25.3 Å². The Morgan fingerprint density at radius 1 is 1.42 bits per heavy atom. The van der Waals surface area contributed by atoms with Crippen molar-refractivity contribution in [2.75, 3.05) is 7.11 Å². The highest BCUT2D eigenvalue weighted by molar-refractivity contribution is 6.31. The van der Waals surface area contributed by atoms with E-state index in [9.17, 15) is 9.59 Å². The van der Waals surface area contributed by atoms with E-state index in [2.05, 4.69) is 10.1 Å². The summed E-state index contributed by atoms with van der Waals surface area (Å²) >= 11 is 6.11. The molecule has 0 heterocycles. The number of rotatable bonds is 5. The smallest absolute Gasteiger partial charge is 0.407 e. The van der Waals surface area contributed by atoms with E-state index >= 15 is 0 Å². The SMILES string of the molecule is COC(=O)N[C@@](C)(CCC(=O)O)c1ccccc1Cl. The van der Waals surface area contributed by atoms with Gasteiger partial charge in [0.1, 0.15) is 0 Å². The summed E-state index contributed by atoms with van der Waals surface area (Å²) in [6.07, 6.45) is -0.514. The van der Waals surface area contributed by atoms with Crippen LogP contribution < -0.4 is 5.32 Å². The lowest BCUT2D eigenvalue weighted by Crippen LogP contribution is -2.44. The maximum Gasteiger partial charge on any atom is 0.407 e. The molecular weight excluding hydrogens is 270 g/mol. The van der Waals surface area contributed by atoms with Crippen molar-refractivity contribution >= 4 is 23.7 Å². The Bertz CT molecular complexity index is 477. The van der Waals surface area contributed by atoms with E-state index < -0.39 is 17.6 Å². The van der Waals surface area contributed by atoms with Crippen molar-refractivity contribution in [1.82, 2.24) is 5.32 Å². The van der Waals surface area contributed by atoms with Crippen LogP contribution in [0.5, 0.6) is 0 Å². The molecule has 0 aromatic heterocycles. The fourth-order valence-corrected chi connectivity index (χ4v) is 2.15. The van der Waals surface area contributed by atoms with Crippen LogP contribution >= 0.6 is 11.6 Å². The quantitative estimate of drug-likeness (QED) is 0.872. The molecule has 0 bridgehead atoms. The van der Waals surface area contributed by atoms with Crippen LogP contribution in [0.25, 0.3) is 0 Å². The molecule has 0 saturated carbocycles. The molecule has 0 fully saturated rings. The van der Waals surface area contributed by atoms with Gasteiger partial charge in [-0.1, -0.05) is 29.8 Å². The molecule has 1 atom stereocenters. The van der Waals surface area contributed by atoms with Crippen molar-refractivity contribution < 1.29 is 19.4 Å². The van der Waals surface area contributed by atoms with Crippen LogP contribution in [0, 0.1) is 0 Å². The molecule has 5 nitrogen and oxygen atoms in total. The van der Waals surface area contributed by atoms with E-state index in [0.717, 1.165) is 0 Å². The van der Waals surface area contributed by atoms with E-state index in [1.54, 1.807) is 31.2 Å². The number of alkyl carbamates (subject to hydrolysis) is 1. The molecule has 6 heteroatoms. The van der Waals surface area contributed by atoms with Crippen molar-refractivity contribution in [3.63, 3.8) is 0 Å². The lowest BCUT2D eigenvalue weighted by Gasteiger charge is -2.31. The molecule has 19 heavy (non-hydrogen) atoms. The van der Waals surface area contributed by atoms with E-state index in [0.29, 0.717) is 10.6 Å². The maximum atomic E-state index is 11.4. The number of halogens is 1. The predicted octanol–water partition coefficient (Wildman–Crippen LogP) is 2.78. The van der Waals surface area contributed by atoms with E-state index in [1.807, 2.05) is 0 Å². The van der Waals surface area contributed by atoms with Gasteiger partial charge in [0.05, 0.1) is 12.6 Å². The molecule has 1 aromatic carbocycles. The molecule has 0 spiro atoms. The summed E-state index contributed by atoms with van der Waals surface area (Å²) < 4.78 is 4.57. The van der Waals surface area contributed by atoms with Gasteiger partial charge in [-0.2, -0.15) is 0 Å². The minimum atomic E-state index is -0.940. The van der Waals surface area contributed by atoms with Crippen molar-refractivity contribution in [3.05, 3.63) is 34.9 Å². The zero-order valence-electron chi connectivity index (χ0n) is 10.8. The Balaban J connectivity index is 3.07. The van der Waals surface area contributed by atoms with Gasteiger partial charge in [0, 0.05) is 11.4 Å². The largest absolute Gasteiger partial charge is 0.481 e. The first kappa shape index (κ1) is 15.3. The van der Waals surface area contributed by atoms with Gasteiger partial charge in [0.2, 0.25) is 0 Å². The zero-order valence-corrected chi connectivity index (χ0v) is 11.5. The molecule has 0 aliphatic carbocycles. The van der Waals surface area contributed by atoms with E-state index in [1.165, 1.54) is 7.11 Å². The molecule has 1 amide bonds. The zero-order chi connectivity index (χ0) is 14.5. The Labute approximate surface area is 116 Å². The molecule has 1 aromatic rings. The highest BCUT2D eigenvalue weighted by Crippen LogP contribution is 2.31. The number of aliphatic carboxylic acids is 1. The van der Waals surface area contributed by atoms with Crippen molar-refractivity contribution in [1.29, 1.82) is 0 Å². The number of ether oxygens (including phenoxy) is 1. The molecular formula is C13H16ClNO4. The second-order valence-electron chi connectivity index (χ2n) is 4.32. The molecule has 104 valence electrons. The summed E-state index contributed by atoms with van der Waals surface area (Å²) in [5.74, 6) is -0.940. The number of amides is 1. The van der Waals surface area contributed by atoms with Crippen LogP contribution in [0.4, 0.5) is 4.79 Å². The van der Waals surface area contributed by atoms with Crippen LogP contribution in [0.2, 0.25) is 5.02 Å². The van der Waals surface area contributed by atoms with Crippen molar-refractivity contribution in [3.8, 4) is 0 Å². The second kappa shape index (κ2) is 6.43. The number of nitrogens with one attached hydrogen (secondary N) is 1. The first-order valence-corrected chi connectivity index (χ1v) is 6.10. The fourth-order valence-electron chi connectivity index (χ4n) is 1.81. The van der Waals surface area contributed by atoms with Crippen LogP contribution in [0.15, 0.2) is 24.3 Å². The van der Waals surface area contributed by atoms with Crippen molar-refractivity contribution in [2.24, 2.45) is 0 Å². The van der Waals surface area contributed by atoms with Gasteiger partial charge in [0.25, 0.3) is 0 Å². The van der Waals surface area contributed by atoms with Gasteiger partial charge in [-0.25, -0.2) is 4.79 Å². The Morgan fingerprint density at radius 2 is 2.05 bits per heavy atom. The molecule has 0 aliphatic heterocycles. The Hall–Kier alpha value is -1.75. The first-order chi connectivity index (χ1) is 8.89. The predicted molar refractivity (Wildman–Crippen MR) is 71.2 cm³/mol. The Morgan fingerprint density at radius 3 is 2.58 bits per heavy atom. The number of hydrogen-bond donors (Lipinski definition) is 2. The number of carboxylic acids is 1. The summed E-state index contributed by atoms with van der Waals surface area (Å²) in [6, 6.07) is 6.98. The fraction of sp³-hybridized carbons (Fsp3) is 0.385. The molecule has 0 radical (unpaired) electrons. The third-order valence-electron chi connectivity index (χ3n) is 2.87. The highest BCUT2D eigenvalue weighted by atomic mass is 35.5. The third kappa shape index (κ3) is 4.13. The lowest BCUT2D eigenvalue weighted by molar-refractivity contribution is -0.137. The summed E-state index contributed by atoms with van der Waals surface area (Å²) in [5.41, 5.74) is -0.243. The number of methoxy groups -OCH3 is 1. The Kier molecular flexibility index (Phi) is 5.18. The van der Waals surface area contributed by atoms with Gasteiger partial charge in [-0.15, -0.1) is 0 Å². The highest BCUT2D eigenvalue weighted by Gasteiger charge is 2.31. The summed E-state index contributed by atoms with van der Waals surface area (Å²) in [5, 5.41) is 11.9. The third-order valence-corrected chi connectivity index (χ3v) is 3.20. The summed E-state index contributed by atoms with van der Waals surface area (Å²) in [7, 11) is 1.25. The molecule has 1 rings (SSSR count). The second-order valence-corrected chi connectivity index (χ2v) is 4.73. The van der Waals surface area contributed by atoms with Crippen LogP contribution in [0.3, 0.4) is 0 Å². The molecule has 2 N–H and O–H groups in total. The maximum absolute atomic E-state index is 11.4. The van der Waals surface area contributed by atoms with Crippen LogP contribution in [-0.2, 0) is 15.1 Å². The average Bonchev–Trinajstić information content (AvgIpc) is 2.36. The standard InChI is InChI=1S/C13H16ClNO4/c1-13(8-7-11(16)17,15-12(18)19-2)9-5-3-4-6-10(9)14/h3-6H,7-8H2,1-2H3,(H,15,18)(H,16,17)/t13-/m0/s1.